The van der Waals surface area contributed by atoms with Crippen molar-refractivity contribution >= 4 is 34.7 Å². The molecule has 0 saturated heterocycles. The fourth-order valence-corrected chi connectivity index (χ4v) is 3.79. The van der Waals surface area contributed by atoms with Gasteiger partial charge in [-0.05, 0) is 32.2 Å². The van der Waals surface area contributed by atoms with Gasteiger partial charge in [-0.3, -0.25) is 9.20 Å². The molecule has 8 heteroatoms. The van der Waals surface area contributed by atoms with Gasteiger partial charge in [0, 0.05) is 16.6 Å². The molecule has 3 heterocycles. The minimum Gasteiger partial charge on any atom is -0.350 e. The second-order valence-electron chi connectivity index (χ2n) is 5.18. The molecule has 1 atom stereocenters. The Morgan fingerprint density at radius 3 is 3.00 bits per heavy atom. The third-order valence-electron chi connectivity index (χ3n) is 3.33. The van der Waals surface area contributed by atoms with E-state index in [0.717, 1.165) is 22.0 Å². The van der Waals surface area contributed by atoms with E-state index in [1.807, 2.05) is 48.8 Å². The molecule has 23 heavy (non-hydrogen) atoms. The molecule has 3 aromatic rings. The number of nitrogens with zero attached hydrogens (tertiary/aromatic N) is 4. The van der Waals surface area contributed by atoms with Crippen molar-refractivity contribution in [2.45, 2.75) is 37.7 Å². The quantitative estimate of drug-likeness (QED) is 0.718. The van der Waals surface area contributed by atoms with E-state index in [9.17, 15) is 4.79 Å². The predicted octanol–water partition coefficient (Wildman–Crippen LogP) is 2.60. The first kappa shape index (κ1) is 15.9. The Labute approximate surface area is 142 Å². The minimum absolute atomic E-state index is 0.0159. The first-order chi connectivity index (χ1) is 11.0. The SMILES string of the molecule is Cc1cc2nnc(S[C@H](C)C(=O)NCc3cccs3)n2c(C)n1. The number of aromatic nitrogens is 4. The van der Waals surface area contributed by atoms with Crippen LogP contribution in [0.15, 0.2) is 28.7 Å². The van der Waals surface area contributed by atoms with Gasteiger partial charge in [-0.25, -0.2) is 4.98 Å². The summed E-state index contributed by atoms with van der Waals surface area (Å²) in [7, 11) is 0. The van der Waals surface area contributed by atoms with Crippen LogP contribution >= 0.6 is 23.1 Å². The van der Waals surface area contributed by atoms with E-state index in [-0.39, 0.29) is 11.2 Å². The second-order valence-corrected chi connectivity index (χ2v) is 7.52. The lowest BCUT2D eigenvalue weighted by molar-refractivity contribution is -0.120. The van der Waals surface area contributed by atoms with Gasteiger partial charge >= 0.3 is 0 Å². The Morgan fingerprint density at radius 1 is 1.43 bits per heavy atom. The molecule has 1 amide bonds. The highest BCUT2D eigenvalue weighted by molar-refractivity contribution is 8.00. The van der Waals surface area contributed by atoms with Gasteiger partial charge in [0.05, 0.1) is 11.8 Å². The fourth-order valence-electron chi connectivity index (χ4n) is 2.22. The molecule has 0 aliphatic heterocycles. The molecule has 3 rings (SSSR count). The van der Waals surface area contributed by atoms with Crippen LogP contribution in [0.4, 0.5) is 0 Å². The van der Waals surface area contributed by atoms with Gasteiger partial charge < -0.3 is 5.32 Å². The largest absolute Gasteiger partial charge is 0.350 e. The molecule has 0 aliphatic rings. The Hall–Kier alpha value is -1.93. The van der Waals surface area contributed by atoms with Crippen molar-refractivity contribution in [3.63, 3.8) is 0 Å². The summed E-state index contributed by atoms with van der Waals surface area (Å²) < 4.78 is 1.88. The molecular weight excluding hydrogens is 330 g/mol. The predicted molar refractivity (Wildman–Crippen MR) is 91.7 cm³/mol. The number of nitrogens with one attached hydrogen (secondary N) is 1. The maximum atomic E-state index is 12.2. The molecule has 0 bridgehead atoms. The smallest absolute Gasteiger partial charge is 0.233 e. The lowest BCUT2D eigenvalue weighted by Gasteiger charge is -2.11. The van der Waals surface area contributed by atoms with Crippen molar-refractivity contribution in [2.75, 3.05) is 0 Å². The van der Waals surface area contributed by atoms with Crippen LogP contribution in [0.25, 0.3) is 5.65 Å². The molecular formula is C15H17N5OS2. The van der Waals surface area contributed by atoms with Crippen molar-refractivity contribution in [3.05, 3.63) is 40.0 Å². The zero-order chi connectivity index (χ0) is 16.4. The van der Waals surface area contributed by atoms with E-state index in [1.165, 1.54) is 11.8 Å². The number of amides is 1. The fraction of sp³-hybridized carbons (Fsp3) is 0.333. The lowest BCUT2D eigenvalue weighted by atomic mass is 10.4. The first-order valence-corrected chi connectivity index (χ1v) is 8.96. The Balaban J connectivity index is 1.70. The number of thioether (sulfide) groups is 1. The highest BCUT2D eigenvalue weighted by Gasteiger charge is 2.19. The summed E-state index contributed by atoms with van der Waals surface area (Å²) in [6, 6.07) is 5.86. The molecule has 0 fully saturated rings. The number of hydrogen-bond donors (Lipinski definition) is 1. The molecule has 0 spiro atoms. The van der Waals surface area contributed by atoms with Gasteiger partial charge in [-0.2, -0.15) is 0 Å². The minimum atomic E-state index is -0.261. The summed E-state index contributed by atoms with van der Waals surface area (Å²) in [6.07, 6.45) is 0. The molecule has 6 nitrogen and oxygen atoms in total. The number of carbonyl (C=O) groups is 1. The zero-order valence-electron chi connectivity index (χ0n) is 13.1. The van der Waals surface area contributed by atoms with Crippen LogP contribution in [0.5, 0.6) is 0 Å². The molecule has 1 N–H and O–H groups in total. The van der Waals surface area contributed by atoms with Gasteiger partial charge in [0.2, 0.25) is 5.91 Å². The molecule has 0 aromatic carbocycles. The van der Waals surface area contributed by atoms with Crippen molar-refractivity contribution in [1.82, 2.24) is 24.9 Å². The maximum absolute atomic E-state index is 12.2. The summed E-state index contributed by atoms with van der Waals surface area (Å²) >= 11 is 3.02. The molecule has 0 aliphatic carbocycles. The zero-order valence-corrected chi connectivity index (χ0v) is 14.7. The molecule has 0 unspecified atom stereocenters. The van der Waals surface area contributed by atoms with E-state index >= 15 is 0 Å². The standard InChI is InChI=1S/C15H17N5OS2/c1-9-7-13-18-19-15(20(13)11(3)17-9)23-10(2)14(21)16-8-12-5-4-6-22-12/h4-7,10H,8H2,1-3H3,(H,16,21)/t10-/m1/s1. The molecule has 0 saturated carbocycles. The average molecular weight is 347 g/mol. The van der Waals surface area contributed by atoms with Gasteiger partial charge in [-0.1, -0.05) is 17.8 Å². The Kier molecular flexibility index (Phi) is 4.63. The van der Waals surface area contributed by atoms with Crippen molar-refractivity contribution in [1.29, 1.82) is 0 Å². The average Bonchev–Trinajstić information content (AvgIpc) is 3.14. The van der Waals surface area contributed by atoms with E-state index in [0.29, 0.717) is 11.7 Å². The number of rotatable bonds is 5. The van der Waals surface area contributed by atoms with Crippen molar-refractivity contribution in [3.8, 4) is 0 Å². The third-order valence-corrected chi connectivity index (χ3v) is 5.25. The number of hydrogen-bond acceptors (Lipinski definition) is 6. The Morgan fingerprint density at radius 2 is 2.26 bits per heavy atom. The molecule has 120 valence electrons. The van der Waals surface area contributed by atoms with Crippen LogP contribution in [-0.2, 0) is 11.3 Å². The topological polar surface area (TPSA) is 72.2 Å². The van der Waals surface area contributed by atoms with Crippen molar-refractivity contribution in [2.24, 2.45) is 0 Å². The number of fused-ring (bicyclic) bond motifs is 1. The number of aryl methyl sites for hydroxylation is 2. The summed E-state index contributed by atoms with van der Waals surface area (Å²) in [6.45, 7) is 6.26. The van der Waals surface area contributed by atoms with E-state index in [2.05, 4.69) is 20.5 Å². The Bertz CT molecular complexity index is 828. The number of thiophene rings is 1. The molecule has 0 radical (unpaired) electrons. The van der Waals surface area contributed by atoms with E-state index < -0.39 is 0 Å². The van der Waals surface area contributed by atoms with Crippen LogP contribution in [-0.4, -0.2) is 30.7 Å². The van der Waals surface area contributed by atoms with Gasteiger partial charge in [0.15, 0.2) is 10.8 Å². The lowest BCUT2D eigenvalue weighted by Crippen LogP contribution is -2.30. The van der Waals surface area contributed by atoms with Gasteiger partial charge in [0.1, 0.15) is 5.82 Å². The summed E-state index contributed by atoms with van der Waals surface area (Å²) in [5.41, 5.74) is 1.66. The number of carbonyl (C=O) groups excluding carboxylic acids is 1. The van der Waals surface area contributed by atoms with Crippen LogP contribution in [0.3, 0.4) is 0 Å². The van der Waals surface area contributed by atoms with Crippen molar-refractivity contribution < 1.29 is 4.79 Å². The molecule has 3 aromatic heterocycles. The summed E-state index contributed by atoms with van der Waals surface area (Å²) in [4.78, 5) is 17.8. The monoisotopic (exact) mass is 347 g/mol. The summed E-state index contributed by atoms with van der Waals surface area (Å²) in [5.74, 6) is 0.802. The van der Waals surface area contributed by atoms with Crippen LogP contribution in [0, 0.1) is 13.8 Å². The maximum Gasteiger partial charge on any atom is 0.233 e. The van der Waals surface area contributed by atoms with Crippen LogP contribution < -0.4 is 5.32 Å². The van der Waals surface area contributed by atoms with Gasteiger partial charge in [-0.15, -0.1) is 21.5 Å². The second kappa shape index (κ2) is 6.67. The van der Waals surface area contributed by atoms with Crippen LogP contribution in [0.2, 0.25) is 0 Å². The highest BCUT2D eigenvalue weighted by atomic mass is 32.2. The normalized spacial score (nSPS) is 12.5. The first-order valence-electron chi connectivity index (χ1n) is 7.20. The summed E-state index contributed by atoms with van der Waals surface area (Å²) in [5, 5.41) is 13.7. The van der Waals surface area contributed by atoms with E-state index in [1.54, 1.807) is 11.3 Å². The highest BCUT2D eigenvalue weighted by Crippen LogP contribution is 2.23. The third kappa shape index (κ3) is 3.53. The van der Waals surface area contributed by atoms with Gasteiger partial charge in [0.25, 0.3) is 0 Å². The van der Waals surface area contributed by atoms with Crippen LogP contribution in [0.1, 0.15) is 23.3 Å². The van der Waals surface area contributed by atoms with E-state index in [4.69, 9.17) is 0 Å².